The number of esters is 1. The summed E-state index contributed by atoms with van der Waals surface area (Å²) in [6.45, 7) is 1.62. The van der Waals surface area contributed by atoms with Crippen molar-refractivity contribution >= 4 is 28.6 Å². The molecule has 0 aliphatic heterocycles. The fourth-order valence-electron chi connectivity index (χ4n) is 1.60. The maximum atomic E-state index is 11.3. The second-order valence-corrected chi connectivity index (χ2v) is 4.72. The van der Waals surface area contributed by atoms with Crippen LogP contribution in [-0.2, 0) is 16.1 Å². The van der Waals surface area contributed by atoms with Crippen molar-refractivity contribution in [2.24, 2.45) is 0 Å². The van der Waals surface area contributed by atoms with Gasteiger partial charge in [0.25, 0.3) is 0 Å². The summed E-state index contributed by atoms with van der Waals surface area (Å²) < 4.78 is 21.8. The molecule has 6 heteroatoms. The second kappa shape index (κ2) is 7.85. The Balaban J connectivity index is 3.17. The molecule has 108 valence electrons. The predicted octanol–water partition coefficient (Wildman–Crippen LogP) is 2.38. The Hall–Kier alpha value is -1.62. The molecule has 0 spiro atoms. The number of halogens is 1. The number of hydrogen-bond acceptors (Lipinski definition) is 5. The van der Waals surface area contributed by atoms with Gasteiger partial charge in [-0.25, -0.2) is 4.79 Å². The molecule has 0 unspecified atom stereocenters. The highest BCUT2D eigenvalue weighted by atomic mass is 127. The van der Waals surface area contributed by atoms with Crippen molar-refractivity contribution in [2.75, 3.05) is 21.3 Å². The Morgan fingerprint density at radius 1 is 1.20 bits per heavy atom. The van der Waals surface area contributed by atoms with Gasteiger partial charge in [0, 0.05) is 15.1 Å². The lowest BCUT2D eigenvalue weighted by atomic mass is 10.2. The first-order valence-corrected chi connectivity index (χ1v) is 6.73. The van der Waals surface area contributed by atoms with Crippen LogP contribution in [0.25, 0.3) is 0 Å². The van der Waals surface area contributed by atoms with Gasteiger partial charge in [0.2, 0.25) is 5.75 Å². The monoisotopic (exact) mass is 390 g/mol. The number of ether oxygens (including phenoxy) is 4. The van der Waals surface area contributed by atoms with Crippen molar-refractivity contribution < 1.29 is 23.7 Å². The fraction of sp³-hybridized carbons (Fsp3) is 0.357. The molecule has 0 aliphatic carbocycles. The zero-order chi connectivity index (χ0) is 15.1. The van der Waals surface area contributed by atoms with E-state index < -0.39 is 5.97 Å². The lowest BCUT2D eigenvalue weighted by Crippen LogP contribution is -2.06. The lowest BCUT2D eigenvalue weighted by molar-refractivity contribution is -0.137. The average Bonchev–Trinajstić information content (AvgIpc) is 2.44. The average molecular weight is 390 g/mol. The van der Waals surface area contributed by atoms with E-state index in [9.17, 15) is 4.79 Å². The summed E-state index contributed by atoms with van der Waals surface area (Å²) in [5, 5.41) is 0. The van der Waals surface area contributed by atoms with Crippen LogP contribution in [0.15, 0.2) is 6.07 Å². The standard InChI is InChI=1S/C14H15IO5/c1-5-6-12(16)20-8-9-10(15)7-11(17-2)14(19-4)13(9)18-3/h7H,8H2,1-4H3. The van der Waals surface area contributed by atoms with Gasteiger partial charge in [-0.2, -0.15) is 0 Å². The molecule has 0 bridgehead atoms. The molecular weight excluding hydrogens is 375 g/mol. The fourth-order valence-corrected chi connectivity index (χ4v) is 2.28. The Morgan fingerprint density at radius 3 is 2.35 bits per heavy atom. The molecule has 0 atom stereocenters. The summed E-state index contributed by atoms with van der Waals surface area (Å²) in [5.74, 6) is 5.71. The van der Waals surface area contributed by atoms with Gasteiger partial charge in [-0.1, -0.05) is 5.92 Å². The highest BCUT2D eigenvalue weighted by molar-refractivity contribution is 14.1. The minimum absolute atomic E-state index is 0.0509. The van der Waals surface area contributed by atoms with E-state index in [2.05, 4.69) is 34.4 Å². The van der Waals surface area contributed by atoms with Gasteiger partial charge in [-0.3, -0.25) is 0 Å². The molecule has 1 aromatic carbocycles. The van der Waals surface area contributed by atoms with Crippen LogP contribution in [0.2, 0.25) is 0 Å². The van der Waals surface area contributed by atoms with Crippen LogP contribution in [0.1, 0.15) is 12.5 Å². The minimum Gasteiger partial charge on any atom is -0.493 e. The molecule has 0 radical (unpaired) electrons. The first-order valence-electron chi connectivity index (χ1n) is 5.65. The zero-order valence-electron chi connectivity index (χ0n) is 11.7. The molecule has 0 saturated heterocycles. The van der Waals surface area contributed by atoms with E-state index in [1.165, 1.54) is 14.2 Å². The smallest absolute Gasteiger partial charge is 0.384 e. The minimum atomic E-state index is -0.583. The SMILES string of the molecule is CC#CC(=O)OCc1c(I)cc(OC)c(OC)c1OC. The Labute approximate surface area is 131 Å². The topological polar surface area (TPSA) is 54.0 Å². The van der Waals surface area contributed by atoms with Crippen molar-refractivity contribution in [3.8, 4) is 29.1 Å². The van der Waals surface area contributed by atoms with E-state index in [1.54, 1.807) is 20.1 Å². The maximum Gasteiger partial charge on any atom is 0.384 e. The summed E-state index contributed by atoms with van der Waals surface area (Å²) in [5.41, 5.74) is 0.706. The van der Waals surface area contributed by atoms with Crippen molar-refractivity contribution in [2.45, 2.75) is 13.5 Å². The highest BCUT2D eigenvalue weighted by Crippen LogP contribution is 2.42. The predicted molar refractivity (Wildman–Crippen MR) is 82.1 cm³/mol. The molecule has 1 rings (SSSR count). The summed E-state index contributed by atoms with van der Waals surface area (Å²) >= 11 is 2.12. The summed E-state index contributed by atoms with van der Waals surface area (Å²) in [4.78, 5) is 11.3. The van der Waals surface area contributed by atoms with Gasteiger partial charge >= 0.3 is 5.97 Å². The third-order valence-electron chi connectivity index (χ3n) is 2.45. The first kappa shape index (κ1) is 16.4. The highest BCUT2D eigenvalue weighted by Gasteiger charge is 2.20. The maximum absolute atomic E-state index is 11.3. The molecule has 20 heavy (non-hydrogen) atoms. The van der Waals surface area contributed by atoms with E-state index in [0.29, 0.717) is 22.8 Å². The molecule has 0 fully saturated rings. The number of carbonyl (C=O) groups is 1. The number of rotatable bonds is 5. The number of carbonyl (C=O) groups excluding carboxylic acids is 1. The molecule has 0 aromatic heterocycles. The largest absolute Gasteiger partial charge is 0.493 e. The molecular formula is C14H15IO5. The third-order valence-corrected chi connectivity index (χ3v) is 3.42. The van der Waals surface area contributed by atoms with Gasteiger partial charge in [-0.05, 0) is 35.6 Å². The van der Waals surface area contributed by atoms with Crippen LogP contribution in [0.5, 0.6) is 17.2 Å². The van der Waals surface area contributed by atoms with Crippen LogP contribution < -0.4 is 14.2 Å². The normalized spacial score (nSPS) is 9.25. The summed E-state index contributed by atoms with van der Waals surface area (Å²) in [6.07, 6.45) is 0. The molecule has 0 saturated carbocycles. The van der Waals surface area contributed by atoms with Crippen LogP contribution >= 0.6 is 22.6 Å². The van der Waals surface area contributed by atoms with Gasteiger partial charge < -0.3 is 18.9 Å². The number of benzene rings is 1. The quantitative estimate of drug-likeness (QED) is 0.335. The van der Waals surface area contributed by atoms with Crippen LogP contribution in [0.4, 0.5) is 0 Å². The zero-order valence-corrected chi connectivity index (χ0v) is 13.9. The van der Waals surface area contributed by atoms with E-state index >= 15 is 0 Å². The molecule has 1 aromatic rings. The van der Waals surface area contributed by atoms with Gasteiger partial charge in [0.15, 0.2) is 11.5 Å². The Bertz CT molecular complexity index is 557. The molecule has 0 aliphatic rings. The van der Waals surface area contributed by atoms with Crippen molar-refractivity contribution in [3.63, 3.8) is 0 Å². The Kier molecular flexibility index (Phi) is 6.45. The van der Waals surface area contributed by atoms with Crippen molar-refractivity contribution in [1.29, 1.82) is 0 Å². The first-order chi connectivity index (χ1) is 9.58. The van der Waals surface area contributed by atoms with Gasteiger partial charge in [0.05, 0.1) is 21.3 Å². The van der Waals surface area contributed by atoms with E-state index in [-0.39, 0.29) is 6.61 Å². The summed E-state index contributed by atoms with van der Waals surface area (Å²) in [6, 6.07) is 1.79. The Morgan fingerprint density at radius 2 is 1.85 bits per heavy atom. The van der Waals surface area contributed by atoms with E-state index in [0.717, 1.165) is 3.57 Å². The molecule has 0 amide bonds. The second-order valence-electron chi connectivity index (χ2n) is 3.56. The third kappa shape index (κ3) is 3.70. The number of hydrogen-bond donors (Lipinski definition) is 0. The van der Waals surface area contributed by atoms with E-state index in [1.807, 2.05) is 0 Å². The van der Waals surface area contributed by atoms with Crippen LogP contribution in [0.3, 0.4) is 0 Å². The van der Waals surface area contributed by atoms with Crippen LogP contribution in [0, 0.1) is 15.4 Å². The number of methoxy groups -OCH3 is 3. The lowest BCUT2D eigenvalue weighted by Gasteiger charge is -2.17. The molecule has 0 N–H and O–H groups in total. The van der Waals surface area contributed by atoms with Crippen molar-refractivity contribution in [1.82, 2.24) is 0 Å². The van der Waals surface area contributed by atoms with Crippen molar-refractivity contribution in [3.05, 3.63) is 15.2 Å². The van der Waals surface area contributed by atoms with Gasteiger partial charge in [-0.15, -0.1) is 0 Å². The van der Waals surface area contributed by atoms with Gasteiger partial charge in [0.1, 0.15) is 6.61 Å². The van der Waals surface area contributed by atoms with E-state index in [4.69, 9.17) is 18.9 Å². The van der Waals surface area contributed by atoms with Crippen LogP contribution in [-0.4, -0.2) is 27.3 Å². The molecule has 0 heterocycles. The molecule has 5 nitrogen and oxygen atoms in total. The summed E-state index contributed by atoms with van der Waals surface area (Å²) in [7, 11) is 4.58.